The van der Waals surface area contributed by atoms with Crippen LogP contribution < -0.4 is 4.90 Å². The van der Waals surface area contributed by atoms with Gasteiger partial charge in [-0.15, -0.1) is 5.10 Å². The standard InChI is InChI=1S/C16H21N5O2/c1-10(2)6-21-9-17-13-8-20(7-12(15(13)21)16(22)23)14-5-4-11(3)18-19-14/h4-5,9-10,12H,6-8H2,1-3H3,(H,22,23)/t12-/m0/s1. The summed E-state index contributed by atoms with van der Waals surface area (Å²) in [4.78, 5) is 18.2. The maximum Gasteiger partial charge on any atom is 0.314 e. The Kier molecular flexibility index (Phi) is 4.02. The van der Waals surface area contributed by atoms with Crippen LogP contribution in [0.1, 0.15) is 36.8 Å². The molecule has 7 heteroatoms. The number of imidazole rings is 1. The van der Waals surface area contributed by atoms with Gasteiger partial charge in [-0.2, -0.15) is 5.10 Å². The van der Waals surface area contributed by atoms with Crippen LogP contribution >= 0.6 is 0 Å². The van der Waals surface area contributed by atoms with E-state index < -0.39 is 11.9 Å². The van der Waals surface area contributed by atoms with Crippen LogP contribution in [0, 0.1) is 12.8 Å². The molecule has 1 aliphatic rings. The minimum absolute atomic E-state index is 0.379. The van der Waals surface area contributed by atoms with Crippen molar-refractivity contribution in [2.75, 3.05) is 11.4 Å². The van der Waals surface area contributed by atoms with Gasteiger partial charge in [0, 0.05) is 13.1 Å². The van der Waals surface area contributed by atoms with Gasteiger partial charge in [0.25, 0.3) is 0 Å². The lowest BCUT2D eigenvalue weighted by molar-refractivity contribution is -0.138. The Balaban J connectivity index is 1.95. The van der Waals surface area contributed by atoms with E-state index in [9.17, 15) is 9.90 Å². The summed E-state index contributed by atoms with van der Waals surface area (Å²) >= 11 is 0. The Hall–Kier alpha value is -2.44. The van der Waals surface area contributed by atoms with Gasteiger partial charge in [-0.3, -0.25) is 4.79 Å². The molecule has 23 heavy (non-hydrogen) atoms. The fourth-order valence-electron chi connectivity index (χ4n) is 2.98. The molecule has 0 bridgehead atoms. The van der Waals surface area contributed by atoms with E-state index in [2.05, 4.69) is 29.0 Å². The smallest absolute Gasteiger partial charge is 0.314 e. The molecule has 0 aliphatic carbocycles. The monoisotopic (exact) mass is 315 g/mol. The number of aryl methyl sites for hydroxylation is 1. The molecule has 0 spiro atoms. The van der Waals surface area contributed by atoms with Crippen molar-refractivity contribution in [1.29, 1.82) is 0 Å². The van der Waals surface area contributed by atoms with Crippen molar-refractivity contribution in [3.8, 4) is 0 Å². The number of anilines is 1. The highest BCUT2D eigenvalue weighted by Gasteiger charge is 2.35. The van der Waals surface area contributed by atoms with Gasteiger partial charge in [-0.1, -0.05) is 13.8 Å². The zero-order valence-corrected chi connectivity index (χ0v) is 13.6. The van der Waals surface area contributed by atoms with E-state index in [1.165, 1.54) is 0 Å². The average molecular weight is 315 g/mol. The fourth-order valence-corrected chi connectivity index (χ4v) is 2.98. The van der Waals surface area contributed by atoms with Gasteiger partial charge in [-0.05, 0) is 25.0 Å². The summed E-state index contributed by atoms with van der Waals surface area (Å²) in [6, 6.07) is 3.75. The van der Waals surface area contributed by atoms with Crippen LogP contribution in [-0.4, -0.2) is 37.4 Å². The average Bonchev–Trinajstić information content (AvgIpc) is 2.89. The first-order chi connectivity index (χ1) is 11.0. The van der Waals surface area contributed by atoms with Crippen molar-refractivity contribution in [3.05, 3.63) is 35.5 Å². The Morgan fingerprint density at radius 2 is 2.17 bits per heavy atom. The van der Waals surface area contributed by atoms with E-state index in [4.69, 9.17) is 0 Å². The molecule has 2 aromatic heterocycles. The lowest BCUT2D eigenvalue weighted by atomic mass is 9.98. The van der Waals surface area contributed by atoms with Crippen LogP contribution in [0.2, 0.25) is 0 Å². The summed E-state index contributed by atoms with van der Waals surface area (Å²) in [6.45, 7) is 7.80. The van der Waals surface area contributed by atoms with Crippen molar-refractivity contribution in [2.45, 2.75) is 39.8 Å². The SMILES string of the molecule is Cc1ccc(N2Cc3ncn(CC(C)C)c3[C@@H](C(=O)O)C2)nn1. The van der Waals surface area contributed by atoms with Crippen molar-refractivity contribution in [3.63, 3.8) is 0 Å². The molecule has 1 N–H and O–H groups in total. The third kappa shape index (κ3) is 3.04. The quantitative estimate of drug-likeness (QED) is 0.926. The van der Waals surface area contributed by atoms with Crippen molar-refractivity contribution in [2.24, 2.45) is 5.92 Å². The molecule has 7 nitrogen and oxygen atoms in total. The minimum atomic E-state index is -0.832. The first-order valence-corrected chi connectivity index (χ1v) is 7.77. The second-order valence-electron chi connectivity index (χ2n) is 6.43. The Bertz CT molecular complexity index is 708. The minimum Gasteiger partial charge on any atom is -0.481 e. The van der Waals surface area contributed by atoms with Gasteiger partial charge < -0.3 is 14.6 Å². The fraction of sp³-hybridized carbons (Fsp3) is 0.500. The van der Waals surface area contributed by atoms with Gasteiger partial charge in [0.1, 0.15) is 5.92 Å². The molecule has 122 valence electrons. The number of aliphatic carboxylic acids is 1. The van der Waals surface area contributed by atoms with Crippen LogP contribution in [0.4, 0.5) is 5.82 Å². The first kappa shape index (κ1) is 15.5. The lowest BCUT2D eigenvalue weighted by Gasteiger charge is -2.32. The number of carboxylic acid groups (broad SMARTS) is 1. The van der Waals surface area contributed by atoms with Gasteiger partial charge in [0.15, 0.2) is 5.82 Å². The number of rotatable bonds is 4. The van der Waals surface area contributed by atoms with Crippen LogP contribution in [0.3, 0.4) is 0 Å². The molecule has 2 aromatic rings. The predicted molar refractivity (Wildman–Crippen MR) is 85.3 cm³/mol. The Labute approximate surface area is 135 Å². The summed E-state index contributed by atoms with van der Waals surface area (Å²) < 4.78 is 1.98. The molecule has 0 aromatic carbocycles. The van der Waals surface area contributed by atoms with E-state index in [-0.39, 0.29) is 0 Å². The van der Waals surface area contributed by atoms with Gasteiger partial charge in [0.2, 0.25) is 0 Å². The molecule has 0 amide bonds. The predicted octanol–water partition coefficient (Wildman–Crippen LogP) is 1.83. The highest BCUT2D eigenvalue weighted by molar-refractivity contribution is 5.77. The van der Waals surface area contributed by atoms with Crippen LogP contribution in [0.25, 0.3) is 0 Å². The Morgan fingerprint density at radius 1 is 1.39 bits per heavy atom. The molecule has 0 unspecified atom stereocenters. The third-order valence-corrected chi connectivity index (χ3v) is 4.00. The van der Waals surface area contributed by atoms with Gasteiger partial charge in [-0.25, -0.2) is 4.98 Å². The summed E-state index contributed by atoms with van der Waals surface area (Å²) in [5, 5.41) is 17.9. The molecule has 0 saturated carbocycles. The second kappa shape index (κ2) is 5.98. The highest BCUT2D eigenvalue weighted by atomic mass is 16.4. The normalized spacial score (nSPS) is 17.4. The van der Waals surface area contributed by atoms with E-state index >= 15 is 0 Å². The maximum absolute atomic E-state index is 11.8. The zero-order valence-electron chi connectivity index (χ0n) is 13.6. The topological polar surface area (TPSA) is 84.1 Å². The molecule has 0 radical (unpaired) electrons. The second-order valence-corrected chi connectivity index (χ2v) is 6.43. The van der Waals surface area contributed by atoms with E-state index in [1.807, 2.05) is 28.5 Å². The number of carbonyl (C=O) groups is 1. The molecule has 3 rings (SSSR count). The number of aromatic nitrogens is 4. The summed E-state index contributed by atoms with van der Waals surface area (Å²) in [5.41, 5.74) is 2.47. The number of fused-ring (bicyclic) bond motifs is 1. The van der Waals surface area contributed by atoms with Crippen LogP contribution in [0.5, 0.6) is 0 Å². The van der Waals surface area contributed by atoms with Crippen LogP contribution in [0.15, 0.2) is 18.5 Å². The third-order valence-electron chi connectivity index (χ3n) is 4.00. The lowest BCUT2D eigenvalue weighted by Crippen LogP contribution is -2.38. The van der Waals surface area contributed by atoms with E-state index in [0.717, 1.165) is 23.6 Å². The molecule has 0 saturated heterocycles. The van der Waals surface area contributed by atoms with Crippen LogP contribution in [-0.2, 0) is 17.9 Å². The maximum atomic E-state index is 11.8. The van der Waals surface area contributed by atoms with Crippen molar-refractivity contribution < 1.29 is 9.90 Å². The van der Waals surface area contributed by atoms with E-state index in [0.29, 0.717) is 24.8 Å². The molecule has 1 atom stereocenters. The molecular formula is C16H21N5O2. The molecule has 0 fully saturated rings. The summed E-state index contributed by atoms with van der Waals surface area (Å²) in [7, 11) is 0. The summed E-state index contributed by atoms with van der Waals surface area (Å²) in [5.74, 6) is -0.320. The Morgan fingerprint density at radius 3 is 2.78 bits per heavy atom. The number of nitrogens with zero attached hydrogens (tertiary/aromatic N) is 5. The number of carboxylic acids is 1. The van der Waals surface area contributed by atoms with Gasteiger partial charge in [0.05, 0.1) is 30.0 Å². The zero-order chi connectivity index (χ0) is 16.6. The van der Waals surface area contributed by atoms with Gasteiger partial charge >= 0.3 is 5.97 Å². The van der Waals surface area contributed by atoms with Crippen molar-refractivity contribution >= 4 is 11.8 Å². The number of hydrogen-bond donors (Lipinski definition) is 1. The summed E-state index contributed by atoms with van der Waals surface area (Å²) in [6.07, 6.45) is 1.75. The molecular weight excluding hydrogens is 294 g/mol. The van der Waals surface area contributed by atoms with Crippen molar-refractivity contribution in [1.82, 2.24) is 19.7 Å². The van der Waals surface area contributed by atoms with E-state index in [1.54, 1.807) is 6.33 Å². The number of hydrogen-bond acceptors (Lipinski definition) is 5. The highest BCUT2D eigenvalue weighted by Crippen LogP contribution is 2.30. The molecule has 1 aliphatic heterocycles. The molecule has 3 heterocycles. The first-order valence-electron chi connectivity index (χ1n) is 7.77. The largest absolute Gasteiger partial charge is 0.481 e.